The van der Waals surface area contributed by atoms with Gasteiger partial charge in [0.1, 0.15) is 5.01 Å². The van der Waals surface area contributed by atoms with Gasteiger partial charge in [0.2, 0.25) is 5.82 Å². The maximum absolute atomic E-state index is 11.2. The summed E-state index contributed by atoms with van der Waals surface area (Å²) >= 11 is 4.85. The van der Waals surface area contributed by atoms with Gasteiger partial charge in [-0.2, -0.15) is 0 Å². The Labute approximate surface area is 167 Å². The van der Waals surface area contributed by atoms with Gasteiger partial charge in [0.15, 0.2) is 0 Å². The molecular weight excluding hydrogens is 428 g/mol. The third-order valence-corrected chi connectivity index (χ3v) is 5.47. The number of pyridine rings is 1. The molecular formula is C19H13BrN4O2S. The Kier molecular flexibility index (Phi) is 4.59. The number of aryl methyl sites for hydroxylation is 1. The SMILES string of the molecule is Cc1ccc2nc(-c3ccc(Nc4ncc(Br)cc4[N+](=O)[O-])cc3)sc2c1. The molecule has 0 aliphatic heterocycles. The van der Waals surface area contributed by atoms with Gasteiger partial charge >= 0.3 is 5.69 Å². The molecule has 1 N–H and O–H groups in total. The minimum Gasteiger partial charge on any atom is -0.334 e. The Morgan fingerprint density at radius 1 is 1.15 bits per heavy atom. The molecule has 0 amide bonds. The van der Waals surface area contributed by atoms with E-state index in [4.69, 9.17) is 0 Å². The van der Waals surface area contributed by atoms with Crippen LogP contribution in [0.1, 0.15) is 5.56 Å². The van der Waals surface area contributed by atoms with Crippen LogP contribution in [0.4, 0.5) is 17.2 Å². The van der Waals surface area contributed by atoms with Gasteiger partial charge < -0.3 is 5.32 Å². The minimum atomic E-state index is -0.461. The largest absolute Gasteiger partial charge is 0.334 e. The second-order valence-electron chi connectivity index (χ2n) is 5.97. The fourth-order valence-electron chi connectivity index (χ4n) is 2.65. The third-order valence-electron chi connectivity index (χ3n) is 3.97. The molecule has 0 bridgehead atoms. The van der Waals surface area contributed by atoms with Gasteiger partial charge in [0, 0.05) is 28.0 Å². The van der Waals surface area contributed by atoms with E-state index >= 15 is 0 Å². The first-order valence-electron chi connectivity index (χ1n) is 8.04. The van der Waals surface area contributed by atoms with Crippen molar-refractivity contribution >= 4 is 54.7 Å². The third kappa shape index (κ3) is 3.67. The number of benzene rings is 2. The van der Waals surface area contributed by atoms with Gasteiger partial charge in [0.05, 0.1) is 15.1 Å². The Bertz CT molecular complexity index is 1160. The Morgan fingerprint density at radius 2 is 1.93 bits per heavy atom. The van der Waals surface area contributed by atoms with Crippen LogP contribution in [0.15, 0.2) is 59.2 Å². The Morgan fingerprint density at radius 3 is 2.67 bits per heavy atom. The summed E-state index contributed by atoms with van der Waals surface area (Å²) in [6, 6.07) is 15.2. The standard InChI is InChI=1S/C19H13BrN4O2S/c1-11-2-7-15-17(8-11)27-19(23-15)12-3-5-14(6-4-12)22-18-16(24(25)26)9-13(20)10-21-18/h2-10H,1H3,(H,21,22). The second kappa shape index (κ2) is 7.05. The molecule has 6 nitrogen and oxygen atoms in total. The van der Waals surface area contributed by atoms with Gasteiger partial charge in [-0.1, -0.05) is 6.07 Å². The molecule has 0 atom stereocenters. The summed E-state index contributed by atoms with van der Waals surface area (Å²) in [4.78, 5) is 19.5. The highest BCUT2D eigenvalue weighted by Crippen LogP contribution is 2.32. The van der Waals surface area contributed by atoms with Crippen molar-refractivity contribution in [3.63, 3.8) is 0 Å². The zero-order valence-electron chi connectivity index (χ0n) is 14.1. The fourth-order valence-corrected chi connectivity index (χ4v) is 4.04. The summed E-state index contributed by atoms with van der Waals surface area (Å²) in [5.41, 5.74) is 3.82. The molecule has 4 aromatic rings. The van der Waals surface area contributed by atoms with Gasteiger partial charge in [-0.15, -0.1) is 11.3 Å². The first kappa shape index (κ1) is 17.6. The van der Waals surface area contributed by atoms with Crippen LogP contribution in [0.25, 0.3) is 20.8 Å². The van der Waals surface area contributed by atoms with Crippen molar-refractivity contribution < 1.29 is 4.92 Å². The number of anilines is 2. The predicted octanol–water partition coefficient (Wildman–Crippen LogP) is 6.08. The van der Waals surface area contributed by atoms with Crippen molar-refractivity contribution in [2.45, 2.75) is 6.92 Å². The first-order valence-corrected chi connectivity index (χ1v) is 9.65. The van der Waals surface area contributed by atoms with Gasteiger partial charge in [-0.3, -0.25) is 10.1 Å². The van der Waals surface area contributed by atoms with E-state index in [1.165, 1.54) is 17.8 Å². The number of rotatable bonds is 4. The number of aromatic nitrogens is 2. The Hall–Kier alpha value is -2.84. The van der Waals surface area contributed by atoms with Crippen molar-refractivity contribution in [1.29, 1.82) is 0 Å². The maximum Gasteiger partial charge on any atom is 0.312 e. The molecule has 0 radical (unpaired) electrons. The Balaban J connectivity index is 1.61. The molecule has 2 heterocycles. The smallest absolute Gasteiger partial charge is 0.312 e. The number of nitrogens with zero attached hydrogens (tertiary/aromatic N) is 3. The van der Waals surface area contributed by atoms with E-state index in [0.29, 0.717) is 10.2 Å². The molecule has 0 unspecified atom stereocenters. The molecule has 0 fully saturated rings. The normalized spacial score (nSPS) is 10.9. The molecule has 0 aliphatic rings. The van der Waals surface area contributed by atoms with Crippen molar-refractivity contribution in [3.8, 4) is 10.6 Å². The number of nitrogens with one attached hydrogen (secondary N) is 1. The van der Waals surface area contributed by atoms with Crippen LogP contribution >= 0.6 is 27.3 Å². The maximum atomic E-state index is 11.2. The number of halogens is 1. The van der Waals surface area contributed by atoms with E-state index in [-0.39, 0.29) is 11.5 Å². The zero-order valence-corrected chi connectivity index (χ0v) is 16.5. The summed E-state index contributed by atoms with van der Waals surface area (Å²) in [5, 5.41) is 15.2. The topological polar surface area (TPSA) is 81.0 Å². The van der Waals surface area contributed by atoms with Crippen LogP contribution in [-0.4, -0.2) is 14.9 Å². The summed E-state index contributed by atoms with van der Waals surface area (Å²) in [5.74, 6) is 0.200. The van der Waals surface area contributed by atoms with Gasteiger partial charge in [-0.05, 0) is 64.8 Å². The quantitative estimate of drug-likeness (QED) is 0.307. The molecule has 0 saturated heterocycles. The molecule has 8 heteroatoms. The number of hydrogen-bond donors (Lipinski definition) is 1. The highest BCUT2D eigenvalue weighted by Gasteiger charge is 2.16. The summed E-state index contributed by atoms with van der Waals surface area (Å²) < 4.78 is 1.71. The van der Waals surface area contributed by atoms with Crippen LogP contribution < -0.4 is 5.32 Å². The monoisotopic (exact) mass is 440 g/mol. The highest BCUT2D eigenvalue weighted by molar-refractivity contribution is 9.10. The van der Waals surface area contributed by atoms with Crippen LogP contribution in [0.5, 0.6) is 0 Å². The lowest BCUT2D eigenvalue weighted by Gasteiger charge is -2.07. The molecule has 2 aromatic heterocycles. The summed E-state index contributed by atoms with van der Waals surface area (Å²) in [6.45, 7) is 2.06. The average molecular weight is 441 g/mol. The van der Waals surface area contributed by atoms with E-state index in [0.717, 1.165) is 20.8 Å². The van der Waals surface area contributed by atoms with E-state index in [1.54, 1.807) is 11.3 Å². The molecule has 27 heavy (non-hydrogen) atoms. The molecule has 0 spiro atoms. The second-order valence-corrected chi connectivity index (χ2v) is 7.92. The van der Waals surface area contributed by atoms with E-state index in [9.17, 15) is 10.1 Å². The molecule has 0 saturated carbocycles. The van der Waals surface area contributed by atoms with Crippen molar-refractivity contribution in [2.75, 3.05) is 5.32 Å². The average Bonchev–Trinajstić information content (AvgIpc) is 3.06. The lowest BCUT2D eigenvalue weighted by atomic mass is 10.2. The lowest BCUT2D eigenvalue weighted by Crippen LogP contribution is -1.99. The highest BCUT2D eigenvalue weighted by atomic mass is 79.9. The van der Waals surface area contributed by atoms with Crippen LogP contribution in [-0.2, 0) is 0 Å². The molecule has 134 valence electrons. The van der Waals surface area contributed by atoms with Crippen molar-refractivity contribution in [2.24, 2.45) is 0 Å². The summed E-state index contributed by atoms with van der Waals surface area (Å²) in [6.07, 6.45) is 1.52. The lowest BCUT2D eigenvalue weighted by molar-refractivity contribution is -0.384. The van der Waals surface area contributed by atoms with Crippen LogP contribution in [0.3, 0.4) is 0 Å². The number of hydrogen-bond acceptors (Lipinski definition) is 6. The minimum absolute atomic E-state index is 0.0880. The molecule has 2 aromatic carbocycles. The number of nitro groups is 1. The zero-order chi connectivity index (χ0) is 19.0. The van der Waals surface area contributed by atoms with Crippen molar-refractivity contribution in [3.05, 3.63) is 74.9 Å². The van der Waals surface area contributed by atoms with Crippen LogP contribution in [0, 0.1) is 17.0 Å². The number of thiazole rings is 1. The van der Waals surface area contributed by atoms with Crippen molar-refractivity contribution in [1.82, 2.24) is 9.97 Å². The van der Waals surface area contributed by atoms with E-state index in [2.05, 4.69) is 50.3 Å². The summed E-state index contributed by atoms with van der Waals surface area (Å²) in [7, 11) is 0. The number of fused-ring (bicyclic) bond motifs is 1. The predicted molar refractivity (Wildman–Crippen MR) is 112 cm³/mol. The molecule has 0 aliphatic carbocycles. The van der Waals surface area contributed by atoms with E-state index < -0.39 is 4.92 Å². The van der Waals surface area contributed by atoms with Crippen LogP contribution in [0.2, 0.25) is 0 Å². The van der Waals surface area contributed by atoms with Gasteiger partial charge in [0.25, 0.3) is 0 Å². The first-order chi connectivity index (χ1) is 13.0. The van der Waals surface area contributed by atoms with E-state index in [1.807, 2.05) is 30.3 Å². The van der Waals surface area contributed by atoms with Gasteiger partial charge in [-0.25, -0.2) is 9.97 Å². The molecule has 4 rings (SSSR count). The fraction of sp³-hybridized carbons (Fsp3) is 0.0526.